The number of anilines is 3. The van der Waals surface area contributed by atoms with Crippen molar-refractivity contribution in [3.05, 3.63) is 34.1 Å². The molecule has 15 heteroatoms. The van der Waals surface area contributed by atoms with Gasteiger partial charge in [-0.1, -0.05) is 20.3 Å². The summed E-state index contributed by atoms with van der Waals surface area (Å²) in [4.78, 5) is 13.1. The molecule has 2 aliphatic rings. The third-order valence-electron chi connectivity index (χ3n) is 5.93. The highest BCUT2D eigenvalue weighted by molar-refractivity contribution is 7.92. The van der Waals surface area contributed by atoms with Gasteiger partial charge in [0.05, 0.1) is 11.9 Å². The fraction of sp³-hybridized carbons (Fsp3) is 0.500. The van der Waals surface area contributed by atoms with E-state index in [1.165, 1.54) is 16.8 Å². The summed E-state index contributed by atoms with van der Waals surface area (Å²) in [6.07, 6.45) is 4.61. The number of fused-ring (bicyclic) bond motifs is 1. The molecule has 0 aliphatic carbocycles. The van der Waals surface area contributed by atoms with E-state index in [9.17, 15) is 26.7 Å². The molecule has 4 rings (SSSR count). The molecule has 13 nitrogen and oxygen atoms in total. The van der Waals surface area contributed by atoms with Crippen LogP contribution in [-0.2, 0) is 26.6 Å². The number of aromatic nitrogens is 2. The van der Waals surface area contributed by atoms with Crippen LogP contribution < -0.4 is 21.0 Å². The Hall–Kier alpha value is -3.17. The van der Waals surface area contributed by atoms with Gasteiger partial charge in [0.25, 0.3) is 15.6 Å². The van der Waals surface area contributed by atoms with Gasteiger partial charge >= 0.3 is 0 Å². The summed E-state index contributed by atoms with van der Waals surface area (Å²) >= 11 is 0. The van der Waals surface area contributed by atoms with Gasteiger partial charge in [-0.05, 0) is 43.4 Å². The largest absolute Gasteiger partial charge is 0.504 e. The molecule has 3 heterocycles. The second-order valence-corrected chi connectivity index (χ2v) is 12.9. The number of hydrogen-bond acceptors (Lipinski definition) is 10. The second-order valence-electron chi connectivity index (χ2n) is 9.57. The molecule has 1 aromatic carbocycles. The van der Waals surface area contributed by atoms with E-state index in [-0.39, 0.29) is 45.9 Å². The Kier molecular flexibility index (Phi) is 7.48. The first-order valence-corrected chi connectivity index (χ1v) is 15.3. The first-order chi connectivity index (χ1) is 17.3. The summed E-state index contributed by atoms with van der Waals surface area (Å²) < 4.78 is 56.4. The molecule has 0 unspecified atom stereocenters. The molecule has 0 radical (unpaired) electrons. The average Bonchev–Trinajstić information content (AvgIpc) is 2.80. The molecule has 0 amide bonds. The van der Waals surface area contributed by atoms with Crippen LogP contribution in [0.3, 0.4) is 0 Å². The van der Waals surface area contributed by atoms with Gasteiger partial charge in [-0.3, -0.25) is 14.9 Å². The molecule has 1 aromatic heterocycles. The number of benzene rings is 1. The van der Waals surface area contributed by atoms with Crippen molar-refractivity contribution in [1.82, 2.24) is 14.8 Å². The zero-order chi connectivity index (χ0) is 27.0. The number of amidine groups is 1. The lowest BCUT2D eigenvalue weighted by Crippen LogP contribution is -2.38. The van der Waals surface area contributed by atoms with Crippen LogP contribution in [0, 0.1) is 5.92 Å². The van der Waals surface area contributed by atoms with Crippen LogP contribution in [-0.4, -0.2) is 61.9 Å². The Balaban J connectivity index is 1.79. The number of aryl methyl sites for hydroxylation is 1. The Morgan fingerprint density at radius 2 is 1.89 bits per heavy atom. The normalized spacial score (nSPS) is 17.6. The van der Waals surface area contributed by atoms with Crippen molar-refractivity contribution in [3.8, 4) is 5.75 Å². The van der Waals surface area contributed by atoms with E-state index in [0.717, 1.165) is 44.7 Å². The number of hydrazine groups is 1. The predicted molar refractivity (Wildman–Crippen MR) is 141 cm³/mol. The standard InChI is InChI=1S/C22H31N7O6S2/c1-14(2)9-12-29-22(31)18(19(30)21(25-29)24-28-10-5-4-6-11-28)20-23-16-8-7-15(26-36(3,32)33)13-17(16)37(34,35)27-20/h7-8,13-14,26,30H,4-6,9-12H2,1-3H3,(H,23,27)(H,24,25). The highest BCUT2D eigenvalue weighted by atomic mass is 32.2. The molecule has 2 aliphatic heterocycles. The number of hydrogen-bond donors (Lipinski definition) is 4. The average molecular weight is 554 g/mol. The molecule has 0 bridgehead atoms. The summed E-state index contributed by atoms with van der Waals surface area (Å²) in [5.41, 5.74) is 2.17. The van der Waals surface area contributed by atoms with Gasteiger partial charge in [0.2, 0.25) is 15.8 Å². The maximum Gasteiger partial charge on any atom is 0.286 e. The lowest BCUT2D eigenvalue weighted by Gasteiger charge is -2.28. The Labute approximate surface area is 215 Å². The van der Waals surface area contributed by atoms with Crippen LogP contribution in [0.4, 0.5) is 17.2 Å². The van der Waals surface area contributed by atoms with Crippen molar-refractivity contribution in [2.75, 3.05) is 34.8 Å². The minimum atomic E-state index is -4.35. The fourth-order valence-corrected chi connectivity index (χ4v) is 5.79. The third kappa shape index (κ3) is 6.22. The highest BCUT2D eigenvalue weighted by Crippen LogP contribution is 2.33. The van der Waals surface area contributed by atoms with Crippen LogP contribution in [0.25, 0.3) is 0 Å². The predicted octanol–water partition coefficient (Wildman–Crippen LogP) is 1.74. The van der Waals surface area contributed by atoms with Gasteiger partial charge in [-0.2, -0.15) is 8.42 Å². The second kappa shape index (κ2) is 10.3. The summed E-state index contributed by atoms with van der Waals surface area (Å²) in [6.45, 7) is 5.72. The van der Waals surface area contributed by atoms with Crippen molar-refractivity contribution in [2.24, 2.45) is 10.3 Å². The van der Waals surface area contributed by atoms with Crippen molar-refractivity contribution in [3.63, 3.8) is 0 Å². The van der Waals surface area contributed by atoms with Gasteiger partial charge in [0, 0.05) is 25.3 Å². The zero-order valence-corrected chi connectivity index (χ0v) is 22.5. The third-order valence-corrected chi connectivity index (χ3v) is 7.86. The van der Waals surface area contributed by atoms with Gasteiger partial charge in [0.1, 0.15) is 10.5 Å². The topological polar surface area (TPSA) is 175 Å². The monoisotopic (exact) mass is 553 g/mol. The summed E-state index contributed by atoms with van der Waals surface area (Å²) in [6, 6.07) is 3.87. The van der Waals surface area contributed by atoms with Crippen LogP contribution in [0.15, 0.2) is 32.3 Å². The number of piperidine rings is 1. The number of aromatic hydroxyl groups is 1. The van der Waals surface area contributed by atoms with Crippen molar-refractivity contribution in [2.45, 2.75) is 51.0 Å². The molecule has 37 heavy (non-hydrogen) atoms. The molecule has 0 saturated carbocycles. The molecule has 202 valence electrons. The maximum absolute atomic E-state index is 13.4. The number of rotatable bonds is 8. The molecule has 0 spiro atoms. The Morgan fingerprint density at radius 3 is 2.54 bits per heavy atom. The Morgan fingerprint density at radius 1 is 1.19 bits per heavy atom. The van der Waals surface area contributed by atoms with E-state index < -0.39 is 31.4 Å². The molecular weight excluding hydrogens is 522 g/mol. The molecule has 4 N–H and O–H groups in total. The highest BCUT2D eigenvalue weighted by Gasteiger charge is 2.31. The molecule has 2 aromatic rings. The van der Waals surface area contributed by atoms with Crippen molar-refractivity contribution >= 4 is 43.1 Å². The van der Waals surface area contributed by atoms with Gasteiger partial charge in [-0.25, -0.2) is 18.1 Å². The minimum Gasteiger partial charge on any atom is -0.504 e. The van der Waals surface area contributed by atoms with Crippen LogP contribution in [0.2, 0.25) is 0 Å². The van der Waals surface area contributed by atoms with E-state index in [4.69, 9.17) is 0 Å². The van der Waals surface area contributed by atoms with Gasteiger partial charge in [0.15, 0.2) is 11.6 Å². The van der Waals surface area contributed by atoms with E-state index in [0.29, 0.717) is 6.42 Å². The van der Waals surface area contributed by atoms with E-state index in [2.05, 4.69) is 25.0 Å². The lowest BCUT2D eigenvalue weighted by atomic mass is 10.1. The SMILES string of the molecule is CC(C)CCn1nc(NN2CCCCC2)c(O)c(C2=NS(=O)(=O)c3cc(NS(C)(=O)=O)ccc3N2)c1=O. The van der Waals surface area contributed by atoms with Crippen molar-refractivity contribution < 1.29 is 21.9 Å². The summed E-state index contributed by atoms with van der Waals surface area (Å²) in [5, 5.41) is 20.1. The van der Waals surface area contributed by atoms with E-state index in [1.54, 1.807) is 0 Å². The van der Waals surface area contributed by atoms with Gasteiger partial charge < -0.3 is 10.4 Å². The van der Waals surface area contributed by atoms with E-state index >= 15 is 0 Å². The minimum absolute atomic E-state index is 0.0284. The number of sulfonamides is 2. The van der Waals surface area contributed by atoms with E-state index in [1.807, 2.05) is 18.9 Å². The maximum atomic E-state index is 13.4. The molecule has 1 fully saturated rings. The number of nitrogens with zero attached hydrogens (tertiary/aromatic N) is 4. The quantitative estimate of drug-likeness (QED) is 0.377. The van der Waals surface area contributed by atoms with Crippen LogP contribution >= 0.6 is 0 Å². The van der Waals surface area contributed by atoms with Crippen LogP contribution in [0.1, 0.15) is 45.1 Å². The fourth-order valence-electron chi connectivity index (χ4n) is 4.08. The zero-order valence-electron chi connectivity index (χ0n) is 20.9. The summed E-state index contributed by atoms with van der Waals surface area (Å²) in [5.74, 6) is -0.560. The van der Waals surface area contributed by atoms with Crippen molar-refractivity contribution in [1.29, 1.82) is 0 Å². The van der Waals surface area contributed by atoms with Crippen LogP contribution in [0.5, 0.6) is 5.75 Å². The van der Waals surface area contributed by atoms with Gasteiger partial charge in [-0.15, -0.1) is 9.50 Å². The summed E-state index contributed by atoms with van der Waals surface area (Å²) in [7, 11) is -7.99. The molecular formula is C22H31N7O6S2. The smallest absolute Gasteiger partial charge is 0.286 e. The number of nitrogens with one attached hydrogen (secondary N) is 3. The first-order valence-electron chi connectivity index (χ1n) is 11.9. The Bertz CT molecular complexity index is 1490. The first kappa shape index (κ1) is 26.9. The molecule has 1 saturated heterocycles. The lowest BCUT2D eigenvalue weighted by molar-refractivity contribution is 0.269. The molecule has 0 atom stereocenters.